The van der Waals surface area contributed by atoms with Crippen molar-refractivity contribution in [1.29, 1.82) is 0 Å². The lowest BCUT2D eigenvalue weighted by Crippen LogP contribution is -2.36. The fourth-order valence-corrected chi connectivity index (χ4v) is 3.97. The van der Waals surface area contributed by atoms with Gasteiger partial charge in [-0.25, -0.2) is 4.79 Å². The lowest BCUT2D eigenvalue weighted by atomic mass is 9.98. The summed E-state index contributed by atoms with van der Waals surface area (Å²) in [6.07, 6.45) is 4.45. The number of fused-ring (bicyclic) bond motifs is 3. The molecule has 3 aliphatic rings. The third-order valence-electron chi connectivity index (χ3n) is 5.43. The fourth-order valence-electron chi connectivity index (χ4n) is 3.97. The third kappa shape index (κ3) is 2.31. The molecule has 0 heterocycles. The van der Waals surface area contributed by atoms with Gasteiger partial charge in [-0.3, -0.25) is 0 Å². The molecule has 2 aromatic carbocycles. The maximum Gasteiger partial charge on any atom is 0.410 e. The van der Waals surface area contributed by atoms with Crippen LogP contribution in [0, 0.1) is 0 Å². The van der Waals surface area contributed by atoms with Crippen LogP contribution in [-0.4, -0.2) is 29.7 Å². The number of amides is 1. The van der Waals surface area contributed by atoms with E-state index in [1.54, 1.807) is 0 Å². The molecule has 24 heavy (non-hydrogen) atoms. The number of ether oxygens (including phenoxy) is 1. The van der Waals surface area contributed by atoms with Gasteiger partial charge in [-0.05, 0) is 47.9 Å². The summed E-state index contributed by atoms with van der Waals surface area (Å²) in [5.74, 6) is 0.154. The van der Waals surface area contributed by atoms with Crippen LogP contribution in [0.1, 0.15) is 42.7 Å². The van der Waals surface area contributed by atoms with Gasteiger partial charge in [-0.1, -0.05) is 48.5 Å². The molecule has 2 fully saturated rings. The van der Waals surface area contributed by atoms with Crippen LogP contribution < -0.4 is 0 Å². The largest absolute Gasteiger partial charge is 0.448 e. The number of benzene rings is 2. The first-order valence-corrected chi connectivity index (χ1v) is 8.96. The lowest BCUT2D eigenvalue weighted by Gasteiger charge is -2.23. The van der Waals surface area contributed by atoms with Crippen LogP contribution in [0.15, 0.2) is 48.5 Å². The number of hydrogen-bond donors (Lipinski definition) is 0. The number of rotatable bonds is 4. The molecule has 0 N–H and O–H groups in total. The molecule has 122 valence electrons. The van der Waals surface area contributed by atoms with Crippen LogP contribution in [0.5, 0.6) is 0 Å². The van der Waals surface area contributed by atoms with E-state index in [4.69, 9.17) is 4.74 Å². The van der Waals surface area contributed by atoms with Crippen molar-refractivity contribution in [3.8, 4) is 11.1 Å². The monoisotopic (exact) mass is 319 g/mol. The van der Waals surface area contributed by atoms with E-state index < -0.39 is 0 Å². The third-order valence-corrected chi connectivity index (χ3v) is 5.43. The summed E-state index contributed by atoms with van der Waals surface area (Å²) in [6.45, 7) is 0.433. The fraction of sp³-hybridized carbons (Fsp3) is 0.381. The summed E-state index contributed by atoms with van der Waals surface area (Å²) in [6, 6.07) is 17.8. The van der Waals surface area contributed by atoms with Crippen molar-refractivity contribution in [3.05, 3.63) is 59.7 Å². The smallest absolute Gasteiger partial charge is 0.410 e. The van der Waals surface area contributed by atoms with Crippen LogP contribution in [-0.2, 0) is 4.74 Å². The van der Waals surface area contributed by atoms with Crippen molar-refractivity contribution in [2.24, 2.45) is 0 Å². The van der Waals surface area contributed by atoms with E-state index in [1.807, 2.05) is 4.90 Å². The second kappa shape index (κ2) is 5.37. The molecule has 0 bridgehead atoms. The zero-order valence-electron chi connectivity index (χ0n) is 13.7. The molecule has 0 unspecified atom stereocenters. The van der Waals surface area contributed by atoms with E-state index in [9.17, 15) is 4.79 Å². The quantitative estimate of drug-likeness (QED) is 0.826. The maximum atomic E-state index is 12.6. The van der Waals surface area contributed by atoms with Gasteiger partial charge in [-0.15, -0.1) is 0 Å². The van der Waals surface area contributed by atoms with Crippen molar-refractivity contribution in [3.63, 3.8) is 0 Å². The molecule has 0 aliphatic heterocycles. The van der Waals surface area contributed by atoms with Crippen molar-refractivity contribution in [1.82, 2.24) is 4.90 Å². The maximum absolute atomic E-state index is 12.6. The van der Waals surface area contributed by atoms with Crippen LogP contribution in [0.25, 0.3) is 11.1 Å². The first-order chi connectivity index (χ1) is 11.8. The SMILES string of the molecule is O=C(OCC1c2ccccc2-c2ccccc21)N(C1CC1)C1CC1. The Kier molecular flexibility index (Phi) is 3.15. The molecule has 0 spiro atoms. The van der Waals surface area contributed by atoms with Crippen LogP contribution in [0.2, 0.25) is 0 Å². The topological polar surface area (TPSA) is 29.5 Å². The van der Waals surface area contributed by atoms with Gasteiger partial charge in [0.2, 0.25) is 0 Å². The van der Waals surface area contributed by atoms with E-state index in [0.29, 0.717) is 18.7 Å². The van der Waals surface area contributed by atoms with Gasteiger partial charge < -0.3 is 9.64 Å². The Hall–Kier alpha value is -2.29. The Bertz CT molecular complexity index is 734. The minimum atomic E-state index is -0.109. The molecule has 0 atom stereocenters. The number of hydrogen-bond acceptors (Lipinski definition) is 2. The number of nitrogens with zero attached hydrogens (tertiary/aromatic N) is 1. The highest BCUT2D eigenvalue weighted by atomic mass is 16.6. The molecule has 5 rings (SSSR count). The van der Waals surface area contributed by atoms with Crippen LogP contribution in [0.3, 0.4) is 0 Å². The molecular weight excluding hydrogens is 298 g/mol. The van der Waals surface area contributed by atoms with Crippen molar-refractivity contribution < 1.29 is 9.53 Å². The molecule has 2 saturated carbocycles. The Morgan fingerprint density at radius 2 is 1.38 bits per heavy atom. The molecular formula is C21H21NO2. The Morgan fingerprint density at radius 1 is 0.875 bits per heavy atom. The molecule has 3 heteroatoms. The zero-order valence-corrected chi connectivity index (χ0v) is 13.7. The van der Waals surface area contributed by atoms with E-state index in [2.05, 4.69) is 48.5 Å². The van der Waals surface area contributed by atoms with E-state index >= 15 is 0 Å². The van der Waals surface area contributed by atoms with Crippen molar-refractivity contribution >= 4 is 6.09 Å². The second-order valence-electron chi connectivity index (χ2n) is 7.17. The van der Waals surface area contributed by atoms with E-state index in [0.717, 1.165) is 25.7 Å². The summed E-state index contributed by atoms with van der Waals surface area (Å²) in [7, 11) is 0. The van der Waals surface area contributed by atoms with Crippen molar-refractivity contribution in [2.75, 3.05) is 6.61 Å². The predicted molar refractivity (Wildman–Crippen MR) is 93.0 cm³/mol. The molecule has 3 nitrogen and oxygen atoms in total. The predicted octanol–water partition coefficient (Wildman–Crippen LogP) is 4.56. The highest BCUT2D eigenvalue weighted by Gasteiger charge is 2.43. The Balaban J connectivity index is 1.38. The van der Waals surface area contributed by atoms with Gasteiger partial charge in [0.15, 0.2) is 0 Å². The molecule has 3 aliphatic carbocycles. The molecule has 1 amide bonds. The van der Waals surface area contributed by atoms with Gasteiger partial charge in [0, 0.05) is 18.0 Å². The van der Waals surface area contributed by atoms with E-state index in [1.165, 1.54) is 22.3 Å². The summed E-state index contributed by atoms with van der Waals surface area (Å²) < 4.78 is 5.79. The summed E-state index contributed by atoms with van der Waals surface area (Å²) >= 11 is 0. The highest BCUT2D eigenvalue weighted by Crippen LogP contribution is 2.45. The van der Waals surface area contributed by atoms with Gasteiger partial charge in [0.25, 0.3) is 0 Å². The average molecular weight is 319 g/mol. The summed E-state index contributed by atoms with van der Waals surface area (Å²) in [5.41, 5.74) is 5.09. The zero-order chi connectivity index (χ0) is 16.1. The van der Waals surface area contributed by atoms with Crippen molar-refractivity contribution in [2.45, 2.75) is 43.7 Å². The normalized spacial score (nSPS) is 18.8. The number of carbonyl (C=O) groups is 1. The molecule has 0 saturated heterocycles. The first-order valence-electron chi connectivity index (χ1n) is 8.96. The summed E-state index contributed by atoms with van der Waals surface area (Å²) in [4.78, 5) is 14.6. The van der Waals surface area contributed by atoms with Gasteiger partial charge in [0.05, 0.1) is 0 Å². The standard InChI is InChI=1S/C21H21NO2/c23-21(22(14-9-10-14)15-11-12-15)24-13-20-18-7-3-1-5-16(18)17-6-2-4-8-19(17)20/h1-8,14-15,20H,9-13H2. The Labute approximate surface area is 142 Å². The lowest BCUT2D eigenvalue weighted by molar-refractivity contribution is 0.0944. The Morgan fingerprint density at radius 3 is 1.88 bits per heavy atom. The second-order valence-corrected chi connectivity index (χ2v) is 7.17. The number of carbonyl (C=O) groups excluding carboxylic acids is 1. The highest BCUT2D eigenvalue weighted by molar-refractivity contribution is 5.79. The van der Waals surface area contributed by atoms with Gasteiger partial charge in [0.1, 0.15) is 6.61 Å². The molecule has 0 radical (unpaired) electrons. The average Bonchev–Trinajstić information content (AvgIpc) is 3.53. The van der Waals surface area contributed by atoms with Gasteiger partial charge in [-0.2, -0.15) is 0 Å². The summed E-state index contributed by atoms with van der Waals surface area (Å²) in [5, 5.41) is 0. The minimum absolute atomic E-state index is 0.109. The van der Waals surface area contributed by atoms with E-state index in [-0.39, 0.29) is 12.0 Å². The molecule has 0 aromatic heterocycles. The van der Waals surface area contributed by atoms with Gasteiger partial charge >= 0.3 is 6.09 Å². The van der Waals surface area contributed by atoms with Crippen LogP contribution in [0.4, 0.5) is 4.79 Å². The van der Waals surface area contributed by atoms with Crippen LogP contribution >= 0.6 is 0 Å². The first kappa shape index (κ1) is 14.1. The molecule has 2 aromatic rings. The minimum Gasteiger partial charge on any atom is -0.448 e.